The first-order chi connectivity index (χ1) is 10.3. The third-order valence-corrected chi connectivity index (χ3v) is 4.63. The van der Waals surface area contributed by atoms with E-state index in [4.69, 9.17) is 9.84 Å². The molecule has 5 heteroatoms. The minimum atomic E-state index is 0.177. The fourth-order valence-corrected chi connectivity index (χ4v) is 3.03. The fraction of sp³-hybridized carbons (Fsp3) is 0.438. The summed E-state index contributed by atoms with van der Waals surface area (Å²) in [5, 5.41) is 12.0. The Hall–Kier alpha value is -1.59. The molecule has 1 N–H and O–H groups in total. The number of thiazole rings is 1. The van der Waals surface area contributed by atoms with Crippen LogP contribution in [0.25, 0.3) is 0 Å². The van der Waals surface area contributed by atoms with Gasteiger partial charge in [0.15, 0.2) is 5.13 Å². The minimum absolute atomic E-state index is 0.177. The molecule has 2 aromatic rings. The monoisotopic (exact) mass is 304 g/mol. The molecule has 1 saturated carbocycles. The van der Waals surface area contributed by atoms with Gasteiger partial charge in [0.1, 0.15) is 12.4 Å². The zero-order valence-electron chi connectivity index (χ0n) is 12.2. The maximum atomic E-state index is 8.89. The maximum absolute atomic E-state index is 8.89. The number of aliphatic hydroxyl groups excluding tert-OH is 1. The second-order valence-electron chi connectivity index (χ2n) is 5.37. The lowest BCUT2D eigenvalue weighted by Crippen LogP contribution is -2.19. The highest BCUT2D eigenvalue weighted by molar-refractivity contribution is 7.13. The van der Waals surface area contributed by atoms with Crippen molar-refractivity contribution in [1.82, 2.24) is 4.98 Å². The maximum Gasteiger partial charge on any atom is 0.185 e. The van der Waals surface area contributed by atoms with Crippen molar-refractivity contribution in [3.05, 3.63) is 40.9 Å². The first-order valence-corrected chi connectivity index (χ1v) is 8.14. The van der Waals surface area contributed by atoms with Crippen molar-refractivity contribution >= 4 is 16.5 Å². The van der Waals surface area contributed by atoms with Gasteiger partial charge in [-0.1, -0.05) is 12.1 Å². The molecule has 0 saturated heterocycles. The van der Waals surface area contributed by atoms with Gasteiger partial charge < -0.3 is 14.7 Å². The Labute approximate surface area is 129 Å². The number of nitrogens with zero attached hydrogens (tertiary/aromatic N) is 2. The van der Waals surface area contributed by atoms with E-state index in [2.05, 4.69) is 22.3 Å². The molecule has 0 radical (unpaired) electrons. The van der Waals surface area contributed by atoms with Gasteiger partial charge >= 0.3 is 0 Å². The number of rotatable bonds is 7. The number of ether oxygens (including phenoxy) is 1. The number of anilines is 1. The Morgan fingerprint density at radius 2 is 2.10 bits per heavy atom. The number of aliphatic hydroxyl groups is 1. The van der Waals surface area contributed by atoms with E-state index in [0.29, 0.717) is 19.1 Å². The number of hydrogen-bond acceptors (Lipinski definition) is 5. The van der Waals surface area contributed by atoms with E-state index in [1.807, 2.05) is 24.3 Å². The Morgan fingerprint density at radius 1 is 1.33 bits per heavy atom. The van der Waals surface area contributed by atoms with Gasteiger partial charge in [0.25, 0.3) is 0 Å². The molecular weight excluding hydrogens is 284 g/mol. The standard InChI is InChI=1S/C16H20N2O2S/c1-18(14-4-5-14)16-17-13(11-21-16)10-20-15-6-2-12(3-7-15)8-9-19/h2-3,6-7,11,14,19H,4-5,8-10H2,1H3. The lowest BCUT2D eigenvalue weighted by Gasteiger charge is -2.13. The van der Waals surface area contributed by atoms with E-state index in [1.165, 1.54) is 12.8 Å². The average Bonchev–Trinajstić information content (AvgIpc) is 3.25. The summed E-state index contributed by atoms with van der Waals surface area (Å²) in [6.45, 7) is 0.671. The summed E-state index contributed by atoms with van der Waals surface area (Å²) in [5.41, 5.74) is 2.09. The number of hydrogen-bond donors (Lipinski definition) is 1. The normalized spacial score (nSPS) is 14.2. The molecule has 1 heterocycles. The smallest absolute Gasteiger partial charge is 0.185 e. The lowest BCUT2D eigenvalue weighted by molar-refractivity contribution is 0.297. The summed E-state index contributed by atoms with van der Waals surface area (Å²) in [5.74, 6) is 0.835. The third kappa shape index (κ3) is 3.74. The van der Waals surface area contributed by atoms with Crippen LogP contribution in [0, 0.1) is 0 Å². The van der Waals surface area contributed by atoms with E-state index in [9.17, 15) is 0 Å². The van der Waals surface area contributed by atoms with E-state index < -0.39 is 0 Å². The minimum Gasteiger partial charge on any atom is -0.487 e. The van der Waals surface area contributed by atoms with Crippen LogP contribution in [0.15, 0.2) is 29.6 Å². The van der Waals surface area contributed by atoms with Crippen LogP contribution < -0.4 is 9.64 Å². The van der Waals surface area contributed by atoms with Crippen LogP contribution in [0.3, 0.4) is 0 Å². The first-order valence-electron chi connectivity index (χ1n) is 7.26. The van der Waals surface area contributed by atoms with E-state index in [0.717, 1.165) is 22.1 Å². The summed E-state index contributed by atoms with van der Waals surface area (Å²) in [7, 11) is 2.11. The zero-order chi connectivity index (χ0) is 14.7. The van der Waals surface area contributed by atoms with Crippen LogP contribution in [-0.2, 0) is 13.0 Å². The zero-order valence-corrected chi connectivity index (χ0v) is 13.0. The van der Waals surface area contributed by atoms with E-state index in [-0.39, 0.29) is 6.61 Å². The van der Waals surface area contributed by atoms with Crippen molar-refractivity contribution in [3.8, 4) is 5.75 Å². The predicted octanol–water partition coefficient (Wildman–Crippen LogP) is 2.86. The molecule has 1 aromatic carbocycles. The van der Waals surface area contributed by atoms with Crippen LogP contribution in [-0.4, -0.2) is 29.8 Å². The second kappa shape index (κ2) is 6.45. The summed E-state index contributed by atoms with van der Waals surface area (Å²) < 4.78 is 5.76. The van der Waals surface area contributed by atoms with Crippen molar-refractivity contribution in [2.24, 2.45) is 0 Å². The Morgan fingerprint density at radius 3 is 2.76 bits per heavy atom. The molecule has 1 aliphatic rings. The highest BCUT2D eigenvalue weighted by atomic mass is 32.1. The molecule has 0 amide bonds. The first kappa shape index (κ1) is 14.4. The van der Waals surface area contributed by atoms with Gasteiger partial charge in [-0.15, -0.1) is 11.3 Å². The molecule has 0 unspecified atom stereocenters. The Bertz CT molecular complexity index is 578. The van der Waals surface area contributed by atoms with Crippen LogP contribution in [0.1, 0.15) is 24.1 Å². The summed E-state index contributed by atoms with van der Waals surface area (Å²) in [4.78, 5) is 6.88. The van der Waals surface area contributed by atoms with Crippen molar-refractivity contribution in [3.63, 3.8) is 0 Å². The summed E-state index contributed by atoms with van der Waals surface area (Å²) >= 11 is 1.68. The quantitative estimate of drug-likeness (QED) is 0.854. The van der Waals surface area contributed by atoms with Gasteiger partial charge in [0, 0.05) is 25.1 Å². The molecular formula is C16H20N2O2S. The molecule has 21 heavy (non-hydrogen) atoms. The van der Waals surface area contributed by atoms with Gasteiger partial charge in [0.2, 0.25) is 0 Å². The van der Waals surface area contributed by atoms with Gasteiger partial charge in [-0.2, -0.15) is 0 Å². The summed E-state index contributed by atoms with van der Waals surface area (Å²) in [6, 6.07) is 8.53. The lowest BCUT2D eigenvalue weighted by atomic mass is 10.1. The molecule has 1 aromatic heterocycles. The highest BCUT2D eigenvalue weighted by Crippen LogP contribution is 2.32. The number of benzene rings is 1. The third-order valence-electron chi connectivity index (χ3n) is 3.65. The van der Waals surface area contributed by atoms with Crippen LogP contribution in [0.4, 0.5) is 5.13 Å². The summed E-state index contributed by atoms with van der Waals surface area (Å²) in [6.07, 6.45) is 3.24. The molecule has 0 bridgehead atoms. The van der Waals surface area contributed by atoms with Crippen molar-refractivity contribution in [2.75, 3.05) is 18.6 Å². The number of aromatic nitrogens is 1. The fourth-order valence-electron chi connectivity index (χ4n) is 2.18. The SMILES string of the molecule is CN(c1nc(COc2ccc(CCO)cc2)cs1)C1CC1. The van der Waals surface area contributed by atoms with Crippen molar-refractivity contribution < 1.29 is 9.84 Å². The molecule has 1 aliphatic carbocycles. The molecule has 1 fully saturated rings. The molecule has 0 atom stereocenters. The topological polar surface area (TPSA) is 45.6 Å². The van der Waals surface area contributed by atoms with Gasteiger partial charge in [0.05, 0.1) is 5.69 Å². The van der Waals surface area contributed by atoms with Gasteiger partial charge in [-0.3, -0.25) is 0 Å². The van der Waals surface area contributed by atoms with Crippen molar-refractivity contribution in [2.45, 2.75) is 31.9 Å². The molecule has 0 spiro atoms. The molecule has 0 aliphatic heterocycles. The molecule has 4 nitrogen and oxygen atoms in total. The van der Waals surface area contributed by atoms with Crippen LogP contribution in [0.5, 0.6) is 5.75 Å². The Kier molecular flexibility index (Phi) is 4.41. The second-order valence-corrected chi connectivity index (χ2v) is 6.21. The largest absolute Gasteiger partial charge is 0.487 e. The molecule has 3 rings (SSSR count). The average molecular weight is 304 g/mol. The van der Waals surface area contributed by atoms with Gasteiger partial charge in [-0.25, -0.2) is 4.98 Å². The van der Waals surface area contributed by atoms with E-state index in [1.54, 1.807) is 11.3 Å². The van der Waals surface area contributed by atoms with E-state index >= 15 is 0 Å². The van der Waals surface area contributed by atoms with Crippen molar-refractivity contribution in [1.29, 1.82) is 0 Å². The van der Waals surface area contributed by atoms with Crippen LogP contribution in [0.2, 0.25) is 0 Å². The van der Waals surface area contributed by atoms with Crippen LogP contribution >= 0.6 is 11.3 Å². The highest BCUT2D eigenvalue weighted by Gasteiger charge is 2.27. The van der Waals surface area contributed by atoms with Gasteiger partial charge in [-0.05, 0) is 37.0 Å². The Balaban J connectivity index is 1.54. The molecule has 112 valence electrons. The predicted molar refractivity (Wildman–Crippen MR) is 85.1 cm³/mol.